The number of carbonyl (C=O) groups excluding carboxylic acids is 4. The van der Waals surface area contributed by atoms with E-state index in [1.54, 1.807) is 22.7 Å². The molecular weight excluding hydrogens is 952 g/mol. The molecule has 1 aromatic carbocycles. The second kappa shape index (κ2) is 18.0. The molecular formula is C51H61FN16O6. The molecule has 5 aromatic heterocycles. The van der Waals surface area contributed by atoms with Crippen LogP contribution < -0.4 is 20.9 Å². The topological polar surface area (TPSA) is 245 Å². The van der Waals surface area contributed by atoms with Gasteiger partial charge in [-0.3, -0.25) is 24.5 Å². The van der Waals surface area contributed by atoms with Crippen LogP contribution in [0.3, 0.4) is 0 Å². The van der Waals surface area contributed by atoms with Crippen molar-refractivity contribution in [3.05, 3.63) is 47.5 Å². The van der Waals surface area contributed by atoms with E-state index in [-0.39, 0.29) is 54.5 Å². The van der Waals surface area contributed by atoms with Crippen LogP contribution in [0, 0.1) is 24.1 Å². The average Bonchev–Trinajstić information content (AvgIpc) is 3.84. The zero-order valence-electron chi connectivity index (χ0n) is 42.4. The van der Waals surface area contributed by atoms with E-state index >= 15 is 4.39 Å². The molecule has 1 aliphatic carbocycles. The number of aryl methyl sites for hydroxylation is 2. The average molecular weight is 1010 g/mol. The number of aromatic nitrogens is 9. The Labute approximate surface area is 425 Å². The monoisotopic (exact) mass is 1010 g/mol. The van der Waals surface area contributed by atoms with Gasteiger partial charge in [-0.2, -0.15) is 10.2 Å². The molecule has 1 saturated carbocycles. The lowest BCUT2D eigenvalue weighted by atomic mass is 9.72. The molecule has 0 atom stereocenters. The SMILES string of the molecule is Cc1nc(-c2c(-c3nn(C(C)(C)C)c4ncnc(N)c34)noc2C2CC2)ncc1C1CCN(C(=O)OCC(=O)N2CCC(CN3CC4(C3)CN(c3cc5c(cc3F)c(N3CCC(=O)NC3=O)nn5C)C4)CC2)CC1. The van der Waals surface area contributed by atoms with Crippen LogP contribution in [-0.4, -0.2) is 155 Å². The van der Waals surface area contributed by atoms with Gasteiger partial charge in [0, 0.05) is 108 Å². The van der Waals surface area contributed by atoms with Gasteiger partial charge in [0.1, 0.15) is 29.4 Å². The molecule has 3 N–H and O–H groups in total. The van der Waals surface area contributed by atoms with Gasteiger partial charge in [0.25, 0.3) is 5.91 Å². The van der Waals surface area contributed by atoms with Gasteiger partial charge in [-0.1, -0.05) is 5.16 Å². The number of benzene rings is 1. The van der Waals surface area contributed by atoms with E-state index in [4.69, 9.17) is 30.1 Å². The van der Waals surface area contributed by atoms with E-state index in [9.17, 15) is 19.2 Å². The third-order valence-corrected chi connectivity index (χ3v) is 16.0. The van der Waals surface area contributed by atoms with Crippen molar-refractivity contribution in [2.24, 2.45) is 18.4 Å². The van der Waals surface area contributed by atoms with Gasteiger partial charge in [-0.15, -0.1) is 0 Å². The van der Waals surface area contributed by atoms with Crippen molar-refractivity contribution in [1.82, 2.24) is 64.7 Å². The number of halogens is 1. The van der Waals surface area contributed by atoms with E-state index in [1.165, 1.54) is 17.3 Å². The quantitative estimate of drug-likeness (QED) is 0.177. The van der Waals surface area contributed by atoms with Gasteiger partial charge in [-0.25, -0.2) is 38.6 Å². The van der Waals surface area contributed by atoms with Gasteiger partial charge in [0.05, 0.1) is 27.7 Å². The number of anilines is 3. The number of urea groups is 1. The van der Waals surface area contributed by atoms with Crippen LogP contribution in [0.5, 0.6) is 0 Å². The predicted molar refractivity (Wildman–Crippen MR) is 269 cm³/mol. The maximum absolute atomic E-state index is 15.6. The number of nitrogen functional groups attached to an aromatic ring is 1. The highest BCUT2D eigenvalue weighted by molar-refractivity contribution is 6.09. The predicted octanol–water partition coefficient (Wildman–Crippen LogP) is 5.31. The number of nitrogens with two attached hydrogens (primary N) is 1. The number of imide groups is 1. The van der Waals surface area contributed by atoms with Crippen LogP contribution in [0.4, 0.5) is 31.3 Å². The Bertz CT molecular complexity index is 3240. The molecule has 0 radical (unpaired) electrons. The Morgan fingerprint density at radius 1 is 0.919 bits per heavy atom. The Hall–Kier alpha value is -7.30. The molecule has 6 fully saturated rings. The molecule has 6 aromatic rings. The highest BCUT2D eigenvalue weighted by atomic mass is 19.1. The Morgan fingerprint density at radius 3 is 2.36 bits per heavy atom. The standard InChI is InChI=1S/C51H61FN16O6/c1-28-33(20-54-45(57-28)39-42(61-74-43(39)31-6-7-31)41-40-44(53)55-27-56-47(40)68(59-41)50(2,3)4)30-10-15-65(16-11-30)49(72)73-22-38(70)64-13-8-29(9-14-64)21-63-23-51(24-63)25-66(26-51)36-19-35-32(18-34(36)52)46(60-62(35)5)67-17-12-37(69)58-48(67)71/h18-20,27,29-31H,6-17,21-26H2,1-5H3,(H2,53,55,56)(H,58,69,71). The van der Waals surface area contributed by atoms with E-state index in [0.29, 0.717) is 107 Å². The minimum absolute atomic E-state index is 0.124. The van der Waals surface area contributed by atoms with Gasteiger partial charge in [0.2, 0.25) is 5.91 Å². The molecule has 6 aliphatic rings. The molecule has 10 heterocycles. The maximum Gasteiger partial charge on any atom is 0.410 e. The number of ether oxygens (including phenoxy) is 1. The molecule has 12 rings (SSSR count). The van der Waals surface area contributed by atoms with Crippen molar-refractivity contribution >= 4 is 63.2 Å². The largest absolute Gasteiger partial charge is 0.439 e. The van der Waals surface area contributed by atoms with Gasteiger partial charge >= 0.3 is 12.1 Å². The van der Waals surface area contributed by atoms with Crippen LogP contribution >= 0.6 is 0 Å². The summed E-state index contributed by atoms with van der Waals surface area (Å²) in [5.74, 6) is 1.81. The fourth-order valence-corrected chi connectivity index (χ4v) is 11.9. The molecule has 388 valence electrons. The number of rotatable bonds is 10. The Kier molecular flexibility index (Phi) is 11.6. The van der Waals surface area contributed by atoms with E-state index < -0.39 is 17.7 Å². The highest BCUT2D eigenvalue weighted by Crippen LogP contribution is 2.49. The number of hydrogen-bond donors (Lipinski definition) is 2. The van der Waals surface area contributed by atoms with Crippen LogP contribution in [-0.2, 0) is 26.9 Å². The summed E-state index contributed by atoms with van der Waals surface area (Å²) < 4.78 is 30.7. The number of nitrogens with zero attached hydrogens (tertiary/aromatic N) is 14. The normalized spacial score (nSPS) is 19.9. The van der Waals surface area contributed by atoms with Crippen molar-refractivity contribution in [1.29, 1.82) is 0 Å². The first-order chi connectivity index (χ1) is 35.5. The van der Waals surface area contributed by atoms with Gasteiger partial charge < -0.3 is 34.6 Å². The summed E-state index contributed by atoms with van der Waals surface area (Å²) >= 11 is 0. The van der Waals surface area contributed by atoms with Crippen molar-refractivity contribution in [3.8, 4) is 22.8 Å². The van der Waals surface area contributed by atoms with E-state index in [2.05, 4.69) is 35.3 Å². The molecule has 1 spiro atoms. The first-order valence-electron chi connectivity index (χ1n) is 25.8. The second-order valence-electron chi connectivity index (χ2n) is 22.4. The molecule has 0 unspecified atom stereocenters. The number of amides is 5. The summed E-state index contributed by atoms with van der Waals surface area (Å²) in [7, 11) is 1.77. The number of piperidine rings is 2. The third kappa shape index (κ3) is 8.50. The first-order valence-corrected chi connectivity index (χ1v) is 25.8. The molecule has 22 nitrogen and oxygen atoms in total. The van der Waals surface area contributed by atoms with Crippen LogP contribution in [0.1, 0.15) is 94.6 Å². The molecule has 74 heavy (non-hydrogen) atoms. The summed E-state index contributed by atoms with van der Waals surface area (Å²) in [4.78, 5) is 78.9. The lowest BCUT2D eigenvalue weighted by Gasteiger charge is -2.61. The summed E-state index contributed by atoms with van der Waals surface area (Å²) in [6.45, 7) is 14.6. The highest BCUT2D eigenvalue weighted by Gasteiger charge is 2.52. The van der Waals surface area contributed by atoms with Crippen LogP contribution in [0.25, 0.3) is 44.7 Å². The minimum Gasteiger partial charge on any atom is -0.439 e. The number of likely N-dealkylation sites (tertiary alicyclic amines) is 3. The molecule has 5 saturated heterocycles. The van der Waals surface area contributed by atoms with E-state index in [1.807, 2.05) is 43.5 Å². The first kappa shape index (κ1) is 47.7. The summed E-state index contributed by atoms with van der Waals surface area (Å²) in [5, 5.41) is 17.5. The smallest absolute Gasteiger partial charge is 0.410 e. The molecule has 23 heteroatoms. The number of nitrogens with one attached hydrogen (secondary N) is 1. The van der Waals surface area contributed by atoms with E-state index in [0.717, 1.165) is 75.4 Å². The summed E-state index contributed by atoms with van der Waals surface area (Å²) in [6, 6.07) is 2.69. The third-order valence-electron chi connectivity index (χ3n) is 16.0. The van der Waals surface area contributed by atoms with Crippen LogP contribution in [0.15, 0.2) is 29.2 Å². The summed E-state index contributed by atoms with van der Waals surface area (Å²) in [6.07, 6.45) is 8.14. The number of fused-ring (bicyclic) bond motifs is 2. The van der Waals surface area contributed by atoms with Crippen molar-refractivity contribution in [3.63, 3.8) is 0 Å². The molecule has 5 amide bonds. The van der Waals surface area contributed by atoms with Crippen molar-refractivity contribution < 1.29 is 32.8 Å². The second-order valence-corrected chi connectivity index (χ2v) is 22.4. The van der Waals surface area contributed by atoms with Gasteiger partial charge in [0.15, 0.2) is 29.7 Å². The fraction of sp³-hybridized carbons (Fsp3) is 0.549. The fourth-order valence-electron chi connectivity index (χ4n) is 11.9. The number of hydrogen-bond acceptors (Lipinski definition) is 16. The van der Waals surface area contributed by atoms with Gasteiger partial charge in [-0.05, 0) is 95.8 Å². The lowest BCUT2D eigenvalue weighted by molar-refractivity contribution is -0.136. The zero-order chi connectivity index (χ0) is 51.4. The zero-order valence-corrected chi connectivity index (χ0v) is 42.4. The molecule has 0 bridgehead atoms. The Balaban J connectivity index is 0.594. The number of carbonyl (C=O) groups is 4. The summed E-state index contributed by atoms with van der Waals surface area (Å²) in [5.41, 5.74) is 11.6. The van der Waals surface area contributed by atoms with Crippen LogP contribution in [0.2, 0.25) is 0 Å². The van der Waals surface area contributed by atoms with Crippen molar-refractivity contribution in [2.45, 2.75) is 90.0 Å². The lowest BCUT2D eigenvalue weighted by Crippen LogP contribution is -2.72. The van der Waals surface area contributed by atoms with Crippen molar-refractivity contribution in [2.75, 3.05) is 87.6 Å². The molecule has 5 aliphatic heterocycles. The minimum atomic E-state index is -0.555. The Morgan fingerprint density at radius 2 is 1.66 bits per heavy atom. The maximum atomic E-state index is 15.6.